The van der Waals surface area contributed by atoms with Gasteiger partial charge in [0.05, 0.1) is 24.8 Å². The van der Waals surface area contributed by atoms with Gasteiger partial charge in [0.25, 0.3) is 0 Å². The average Bonchev–Trinajstić information content (AvgIpc) is 2.47. The van der Waals surface area contributed by atoms with Crippen LogP contribution in [0, 0.1) is 0 Å². The zero-order valence-corrected chi connectivity index (χ0v) is 12.2. The highest BCUT2D eigenvalue weighted by Gasteiger charge is 2.44. The number of hydrogen-bond donors (Lipinski definition) is 1. The molecular formula is C16H20N2O3. The summed E-state index contributed by atoms with van der Waals surface area (Å²) >= 11 is 0. The number of anilines is 1. The molecule has 1 saturated carbocycles. The molecule has 0 radical (unpaired) electrons. The fourth-order valence-corrected chi connectivity index (χ4v) is 3.40. The van der Waals surface area contributed by atoms with Crippen molar-refractivity contribution in [1.82, 2.24) is 5.32 Å². The molecule has 1 aliphatic heterocycles. The molecule has 21 heavy (non-hydrogen) atoms. The van der Waals surface area contributed by atoms with Crippen molar-refractivity contribution in [2.75, 3.05) is 12.0 Å². The van der Waals surface area contributed by atoms with Crippen LogP contribution in [-0.4, -0.2) is 24.6 Å². The van der Waals surface area contributed by atoms with Crippen LogP contribution in [0.25, 0.3) is 0 Å². The zero-order chi connectivity index (χ0) is 14.9. The molecule has 0 unspecified atom stereocenters. The quantitative estimate of drug-likeness (QED) is 0.910. The standard InChI is InChI=1S/C16H20N2O3/c1-21-13-8-4-3-7-12(13)18-14(19)11-16(17-15(18)20)9-5-2-6-10-16/h3-4,7-8H,2,5-6,9-11H2,1H3,(H,17,20). The van der Waals surface area contributed by atoms with Gasteiger partial charge in [-0.1, -0.05) is 31.4 Å². The lowest BCUT2D eigenvalue weighted by Gasteiger charge is -2.43. The van der Waals surface area contributed by atoms with E-state index in [0.717, 1.165) is 25.7 Å². The predicted octanol–water partition coefficient (Wildman–Crippen LogP) is 2.84. The van der Waals surface area contributed by atoms with E-state index in [2.05, 4.69) is 5.32 Å². The number of carbonyl (C=O) groups is 2. The van der Waals surface area contributed by atoms with Crippen molar-refractivity contribution < 1.29 is 14.3 Å². The van der Waals surface area contributed by atoms with E-state index in [-0.39, 0.29) is 17.5 Å². The van der Waals surface area contributed by atoms with Crippen molar-refractivity contribution in [1.29, 1.82) is 0 Å². The summed E-state index contributed by atoms with van der Waals surface area (Å²) in [7, 11) is 1.54. The molecule has 3 amide bonds. The second kappa shape index (κ2) is 5.39. The summed E-state index contributed by atoms with van der Waals surface area (Å²) < 4.78 is 5.26. The van der Waals surface area contributed by atoms with Gasteiger partial charge in [0, 0.05) is 0 Å². The Morgan fingerprint density at radius 2 is 1.86 bits per heavy atom. The molecule has 1 N–H and O–H groups in total. The molecule has 1 spiro atoms. The van der Waals surface area contributed by atoms with Gasteiger partial charge in [0.15, 0.2) is 0 Å². The first-order chi connectivity index (χ1) is 10.2. The van der Waals surface area contributed by atoms with Crippen molar-refractivity contribution in [2.45, 2.75) is 44.1 Å². The first kappa shape index (κ1) is 13.9. The zero-order valence-electron chi connectivity index (χ0n) is 12.2. The van der Waals surface area contributed by atoms with E-state index in [0.29, 0.717) is 17.9 Å². The summed E-state index contributed by atoms with van der Waals surface area (Å²) in [6, 6.07) is 6.76. The molecule has 112 valence electrons. The molecular weight excluding hydrogens is 268 g/mol. The highest BCUT2D eigenvalue weighted by molar-refractivity contribution is 6.17. The maximum Gasteiger partial charge on any atom is 0.329 e. The summed E-state index contributed by atoms with van der Waals surface area (Å²) in [5.74, 6) is 0.380. The van der Waals surface area contributed by atoms with E-state index < -0.39 is 0 Å². The Balaban J connectivity index is 1.89. The lowest BCUT2D eigenvalue weighted by molar-refractivity contribution is -0.120. The van der Waals surface area contributed by atoms with Gasteiger partial charge >= 0.3 is 6.03 Å². The van der Waals surface area contributed by atoms with E-state index in [1.165, 1.54) is 18.4 Å². The van der Waals surface area contributed by atoms with Crippen LogP contribution in [-0.2, 0) is 4.79 Å². The van der Waals surface area contributed by atoms with Gasteiger partial charge in [-0.05, 0) is 25.0 Å². The summed E-state index contributed by atoms with van der Waals surface area (Å²) in [5, 5.41) is 3.07. The van der Waals surface area contributed by atoms with Gasteiger partial charge in [-0.25, -0.2) is 9.69 Å². The monoisotopic (exact) mass is 288 g/mol. The molecule has 2 fully saturated rings. The van der Waals surface area contributed by atoms with E-state index in [1.54, 1.807) is 18.2 Å². The topological polar surface area (TPSA) is 58.6 Å². The molecule has 2 aliphatic rings. The van der Waals surface area contributed by atoms with E-state index in [4.69, 9.17) is 4.74 Å². The highest BCUT2D eigenvalue weighted by atomic mass is 16.5. The van der Waals surface area contributed by atoms with Crippen molar-refractivity contribution in [3.8, 4) is 5.75 Å². The van der Waals surface area contributed by atoms with Gasteiger partial charge in [0.2, 0.25) is 5.91 Å². The Labute approximate surface area is 124 Å². The highest BCUT2D eigenvalue weighted by Crippen LogP contribution is 2.37. The number of rotatable bonds is 2. The molecule has 0 atom stereocenters. The summed E-state index contributed by atoms with van der Waals surface area (Å²) in [5.41, 5.74) is 0.179. The molecule has 5 nitrogen and oxygen atoms in total. The van der Waals surface area contributed by atoms with Crippen molar-refractivity contribution in [2.24, 2.45) is 0 Å². The first-order valence-corrected chi connectivity index (χ1v) is 7.43. The Bertz CT molecular complexity index is 544. The maximum absolute atomic E-state index is 12.6. The number of amides is 3. The molecule has 1 aliphatic carbocycles. The molecule has 0 bridgehead atoms. The summed E-state index contributed by atoms with van der Waals surface area (Å²) in [6.07, 6.45) is 5.48. The second-order valence-electron chi connectivity index (χ2n) is 5.85. The molecule has 0 aromatic heterocycles. The smallest absolute Gasteiger partial charge is 0.329 e. The van der Waals surface area contributed by atoms with Gasteiger partial charge in [-0.2, -0.15) is 0 Å². The number of urea groups is 1. The van der Waals surface area contributed by atoms with Crippen LogP contribution in [0.15, 0.2) is 24.3 Å². The Kier molecular flexibility index (Phi) is 3.57. The van der Waals surface area contributed by atoms with Gasteiger partial charge in [-0.15, -0.1) is 0 Å². The SMILES string of the molecule is COc1ccccc1N1C(=O)CC2(CCCCC2)NC1=O. The number of methoxy groups -OCH3 is 1. The summed E-state index contributed by atoms with van der Waals surface area (Å²) in [4.78, 5) is 26.2. The van der Waals surface area contributed by atoms with Crippen molar-refractivity contribution in [3.05, 3.63) is 24.3 Å². The number of nitrogens with zero attached hydrogens (tertiary/aromatic N) is 1. The lowest BCUT2D eigenvalue weighted by atomic mass is 9.78. The Morgan fingerprint density at radius 1 is 1.14 bits per heavy atom. The van der Waals surface area contributed by atoms with Crippen molar-refractivity contribution >= 4 is 17.6 Å². The predicted molar refractivity (Wildman–Crippen MR) is 79.4 cm³/mol. The normalized spacial score (nSPS) is 21.3. The number of carbonyl (C=O) groups excluding carboxylic acids is 2. The number of para-hydroxylation sites is 2. The molecule has 1 saturated heterocycles. The molecule has 1 aromatic rings. The third-order valence-corrected chi connectivity index (χ3v) is 4.45. The molecule has 5 heteroatoms. The minimum absolute atomic E-state index is 0.148. The molecule has 1 heterocycles. The number of imide groups is 1. The van der Waals surface area contributed by atoms with Crippen LogP contribution in [0.3, 0.4) is 0 Å². The number of ether oxygens (including phenoxy) is 1. The van der Waals surface area contributed by atoms with Gasteiger partial charge < -0.3 is 10.1 Å². The van der Waals surface area contributed by atoms with Gasteiger partial charge in [-0.3, -0.25) is 4.79 Å². The van der Waals surface area contributed by atoms with Crippen LogP contribution in [0.1, 0.15) is 38.5 Å². The minimum Gasteiger partial charge on any atom is -0.495 e. The van der Waals surface area contributed by atoms with Crippen LogP contribution in [0.4, 0.5) is 10.5 Å². The van der Waals surface area contributed by atoms with Gasteiger partial charge in [0.1, 0.15) is 5.75 Å². The van der Waals surface area contributed by atoms with Crippen LogP contribution >= 0.6 is 0 Å². The third kappa shape index (κ3) is 2.48. The minimum atomic E-state index is -0.336. The Hall–Kier alpha value is -2.04. The second-order valence-corrected chi connectivity index (χ2v) is 5.85. The van der Waals surface area contributed by atoms with Crippen LogP contribution in [0.5, 0.6) is 5.75 Å². The first-order valence-electron chi connectivity index (χ1n) is 7.43. The van der Waals surface area contributed by atoms with Crippen molar-refractivity contribution in [3.63, 3.8) is 0 Å². The molecule has 1 aromatic carbocycles. The molecule has 3 rings (SSSR count). The summed E-state index contributed by atoms with van der Waals surface area (Å²) in [6.45, 7) is 0. The lowest BCUT2D eigenvalue weighted by Crippen LogP contribution is -2.62. The van der Waals surface area contributed by atoms with Crippen LogP contribution in [0.2, 0.25) is 0 Å². The number of nitrogens with one attached hydrogen (secondary N) is 1. The largest absolute Gasteiger partial charge is 0.495 e. The number of hydrogen-bond acceptors (Lipinski definition) is 3. The van der Waals surface area contributed by atoms with Crippen LogP contribution < -0.4 is 15.0 Å². The number of benzene rings is 1. The average molecular weight is 288 g/mol. The Morgan fingerprint density at radius 3 is 2.52 bits per heavy atom. The van der Waals surface area contributed by atoms with E-state index in [1.807, 2.05) is 6.07 Å². The fourth-order valence-electron chi connectivity index (χ4n) is 3.40. The fraction of sp³-hybridized carbons (Fsp3) is 0.500. The van der Waals surface area contributed by atoms with E-state index >= 15 is 0 Å². The maximum atomic E-state index is 12.6. The third-order valence-electron chi connectivity index (χ3n) is 4.45. The van der Waals surface area contributed by atoms with E-state index in [9.17, 15) is 9.59 Å².